The second kappa shape index (κ2) is 5.17. The van der Waals surface area contributed by atoms with Crippen molar-refractivity contribution in [3.8, 4) is 0 Å². The second-order valence-electron chi connectivity index (χ2n) is 6.16. The Morgan fingerprint density at radius 3 is 2.70 bits per heavy atom. The number of nitrogens with zero attached hydrogens (tertiary/aromatic N) is 1. The van der Waals surface area contributed by atoms with Crippen LogP contribution in [-0.2, 0) is 0 Å². The summed E-state index contributed by atoms with van der Waals surface area (Å²) in [5, 5.41) is 3.41. The van der Waals surface area contributed by atoms with Gasteiger partial charge in [-0.25, -0.2) is 4.39 Å². The molecule has 1 N–H and O–H groups in total. The molecule has 0 bridgehead atoms. The van der Waals surface area contributed by atoms with Gasteiger partial charge in [0, 0.05) is 19.6 Å². The summed E-state index contributed by atoms with van der Waals surface area (Å²) >= 11 is 0. The third kappa shape index (κ3) is 2.33. The molecule has 2 saturated heterocycles. The monoisotopic (exact) mass is 276 g/mol. The van der Waals surface area contributed by atoms with E-state index in [1.165, 1.54) is 6.42 Å². The Balaban J connectivity index is 1.71. The van der Waals surface area contributed by atoms with Gasteiger partial charge in [0.05, 0.1) is 5.56 Å². The number of amides is 1. The van der Waals surface area contributed by atoms with Crippen LogP contribution in [0.2, 0.25) is 0 Å². The van der Waals surface area contributed by atoms with Crippen LogP contribution in [0.15, 0.2) is 18.2 Å². The first-order valence-corrected chi connectivity index (χ1v) is 7.36. The average Bonchev–Trinajstić information content (AvgIpc) is 2.90. The lowest BCUT2D eigenvalue weighted by molar-refractivity contribution is 0.0603. The Labute approximate surface area is 119 Å². The highest BCUT2D eigenvalue weighted by Gasteiger charge is 2.38. The maximum atomic E-state index is 14.0. The maximum absolute atomic E-state index is 14.0. The van der Waals surface area contributed by atoms with E-state index in [1.807, 2.05) is 0 Å². The van der Waals surface area contributed by atoms with E-state index in [-0.39, 0.29) is 17.3 Å². The zero-order valence-electron chi connectivity index (χ0n) is 11.9. The van der Waals surface area contributed by atoms with E-state index in [9.17, 15) is 9.18 Å². The molecule has 0 aliphatic carbocycles. The molecule has 1 amide bonds. The number of benzene rings is 1. The highest BCUT2D eigenvalue weighted by molar-refractivity contribution is 5.94. The summed E-state index contributed by atoms with van der Waals surface area (Å²) in [4.78, 5) is 14.3. The molecule has 2 aliphatic heterocycles. The van der Waals surface area contributed by atoms with Crippen molar-refractivity contribution < 1.29 is 9.18 Å². The highest BCUT2D eigenvalue weighted by atomic mass is 19.1. The van der Waals surface area contributed by atoms with E-state index < -0.39 is 0 Å². The summed E-state index contributed by atoms with van der Waals surface area (Å²) < 4.78 is 14.0. The molecule has 1 aromatic rings. The largest absolute Gasteiger partial charge is 0.339 e. The molecule has 3 rings (SSSR count). The molecule has 0 atom stereocenters. The van der Waals surface area contributed by atoms with E-state index in [1.54, 1.807) is 30.0 Å². The van der Waals surface area contributed by atoms with Gasteiger partial charge in [0.25, 0.3) is 5.91 Å². The Morgan fingerprint density at radius 1 is 1.30 bits per heavy atom. The highest BCUT2D eigenvalue weighted by Crippen LogP contribution is 2.37. The van der Waals surface area contributed by atoms with Gasteiger partial charge in [0.1, 0.15) is 5.82 Å². The van der Waals surface area contributed by atoms with Crippen molar-refractivity contribution in [2.75, 3.05) is 26.2 Å². The van der Waals surface area contributed by atoms with Gasteiger partial charge in [-0.15, -0.1) is 0 Å². The van der Waals surface area contributed by atoms with E-state index in [0.717, 1.165) is 39.0 Å². The first-order valence-electron chi connectivity index (χ1n) is 7.36. The van der Waals surface area contributed by atoms with E-state index in [2.05, 4.69) is 5.32 Å². The van der Waals surface area contributed by atoms with Crippen molar-refractivity contribution in [2.45, 2.75) is 26.2 Å². The number of likely N-dealkylation sites (tertiary alicyclic amines) is 1. The summed E-state index contributed by atoms with van der Waals surface area (Å²) in [5.74, 6) is -0.535. The quantitative estimate of drug-likeness (QED) is 0.854. The van der Waals surface area contributed by atoms with Gasteiger partial charge in [-0.1, -0.05) is 12.1 Å². The number of hydrogen-bond acceptors (Lipinski definition) is 2. The lowest BCUT2D eigenvalue weighted by Crippen LogP contribution is -2.44. The van der Waals surface area contributed by atoms with Crippen LogP contribution in [0.1, 0.15) is 35.2 Å². The van der Waals surface area contributed by atoms with Gasteiger partial charge in [-0.3, -0.25) is 4.79 Å². The van der Waals surface area contributed by atoms with Gasteiger partial charge < -0.3 is 10.2 Å². The maximum Gasteiger partial charge on any atom is 0.256 e. The molecular weight excluding hydrogens is 255 g/mol. The fourth-order valence-electron chi connectivity index (χ4n) is 3.39. The third-order valence-electron chi connectivity index (χ3n) is 4.87. The summed E-state index contributed by atoms with van der Waals surface area (Å²) in [7, 11) is 0. The number of carbonyl (C=O) groups is 1. The number of aryl methyl sites for hydroxylation is 1. The van der Waals surface area contributed by atoms with Gasteiger partial charge in [0.2, 0.25) is 0 Å². The summed E-state index contributed by atoms with van der Waals surface area (Å²) in [5.41, 5.74) is 1.12. The Hall–Kier alpha value is -1.42. The first-order chi connectivity index (χ1) is 9.61. The van der Waals surface area contributed by atoms with Crippen molar-refractivity contribution >= 4 is 5.91 Å². The zero-order valence-corrected chi connectivity index (χ0v) is 11.9. The van der Waals surface area contributed by atoms with Crippen LogP contribution < -0.4 is 5.32 Å². The van der Waals surface area contributed by atoms with Gasteiger partial charge in [0.15, 0.2) is 0 Å². The fourth-order valence-corrected chi connectivity index (χ4v) is 3.39. The van der Waals surface area contributed by atoms with Crippen LogP contribution in [0.5, 0.6) is 0 Å². The summed E-state index contributed by atoms with van der Waals surface area (Å²) in [6.45, 7) is 5.33. The van der Waals surface area contributed by atoms with Crippen LogP contribution in [0.4, 0.5) is 4.39 Å². The van der Waals surface area contributed by atoms with E-state index in [4.69, 9.17) is 0 Å². The van der Waals surface area contributed by atoms with E-state index >= 15 is 0 Å². The van der Waals surface area contributed by atoms with Crippen molar-refractivity contribution in [1.82, 2.24) is 10.2 Å². The number of halogens is 1. The molecule has 3 nitrogen and oxygen atoms in total. The minimum absolute atomic E-state index is 0.160. The SMILES string of the molecule is Cc1cccc(C(=O)N2CCC3(CCNC3)CC2)c1F. The van der Waals surface area contributed by atoms with Gasteiger partial charge >= 0.3 is 0 Å². The predicted octanol–water partition coefficient (Wildman–Crippen LogP) is 2.35. The molecule has 2 heterocycles. The topological polar surface area (TPSA) is 32.3 Å². The second-order valence-corrected chi connectivity index (χ2v) is 6.16. The number of piperidine rings is 1. The molecule has 2 fully saturated rings. The van der Waals surface area contributed by atoms with Crippen LogP contribution in [0.3, 0.4) is 0 Å². The number of rotatable bonds is 1. The number of nitrogens with one attached hydrogen (secondary N) is 1. The van der Waals surface area contributed by atoms with Crippen LogP contribution in [0, 0.1) is 18.2 Å². The van der Waals surface area contributed by atoms with Gasteiger partial charge in [-0.2, -0.15) is 0 Å². The summed E-state index contributed by atoms with van der Waals surface area (Å²) in [6, 6.07) is 5.03. The van der Waals surface area contributed by atoms with Crippen LogP contribution >= 0.6 is 0 Å². The smallest absolute Gasteiger partial charge is 0.256 e. The Kier molecular flexibility index (Phi) is 3.50. The summed E-state index contributed by atoms with van der Waals surface area (Å²) in [6.07, 6.45) is 3.26. The fraction of sp³-hybridized carbons (Fsp3) is 0.562. The zero-order chi connectivity index (χ0) is 14.2. The van der Waals surface area contributed by atoms with Crippen LogP contribution in [-0.4, -0.2) is 37.0 Å². The van der Waals surface area contributed by atoms with Crippen molar-refractivity contribution in [1.29, 1.82) is 0 Å². The molecule has 20 heavy (non-hydrogen) atoms. The standard InChI is InChI=1S/C16H21FN2O/c1-12-3-2-4-13(14(12)17)15(20)19-9-6-16(7-10-19)5-8-18-11-16/h2-4,18H,5-11H2,1H3. The predicted molar refractivity (Wildman–Crippen MR) is 76.2 cm³/mol. The molecule has 0 aromatic heterocycles. The first kappa shape index (κ1) is 13.6. The lowest BCUT2D eigenvalue weighted by Gasteiger charge is -2.39. The number of carbonyl (C=O) groups excluding carboxylic acids is 1. The molecule has 0 unspecified atom stereocenters. The third-order valence-corrected chi connectivity index (χ3v) is 4.87. The minimum Gasteiger partial charge on any atom is -0.339 e. The van der Waals surface area contributed by atoms with E-state index in [0.29, 0.717) is 11.0 Å². The average molecular weight is 276 g/mol. The molecule has 1 spiro atoms. The molecule has 0 radical (unpaired) electrons. The molecular formula is C16H21FN2O. The molecule has 0 saturated carbocycles. The number of hydrogen-bond donors (Lipinski definition) is 1. The lowest BCUT2D eigenvalue weighted by atomic mass is 9.78. The minimum atomic E-state index is -0.375. The van der Waals surface area contributed by atoms with Crippen molar-refractivity contribution in [3.05, 3.63) is 35.1 Å². The molecule has 4 heteroatoms. The molecule has 2 aliphatic rings. The van der Waals surface area contributed by atoms with Crippen molar-refractivity contribution in [3.63, 3.8) is 0 Å². The Bertz CT molecular complexity index is 513. The molecule has 108 valence electrons. The van der Waals surface area contributed by atoms with Crippen molar-refractivity contribution in [2.24, 2.45) is 5.41 Å². The van der Waals surface area contributed by atoms with Crippen LogP contribution in [0.25, 0.3) is 0 Å². The Morgan fingerprint density at radius 2 is 2.05 bits per heavy atom. The molecule has 1 aromatic carbocycles. The van der Waals surface area contributed by atoms with Gasteiger partial charge in [-0.05, 0) is 49.8 Å². The normalized spacial score (nSPS) is 21.4.